The monoisotopic (exact) mass is 282 g/mol. The zero-order chi connectivity index (χ0) is 14.7. The van der Waals surface area contributed by atoms with Crippen LogP contribution in [0.3, 0.4) is 0 Å². The van der Waals surface area contributed by atoms with Crippen LogP contribution in [0.2, 0.25) is 0 Å². The van der Waals surface area contributed by atoms with Crippen LogP contribution >= 0.6 is 0 Å². The van der Waals surface area contributed by atoms with Crippen molar-refractivity contribution in [3.05, 3.63) is 0 Å². The fourth-order valence-corrected chi connectivity index (χ4v) is 3.80. The van der Waals surface area contributed by atoms with Crippen LogP contribution in [0.5, 0.6) is 0 Å². The van der Waals surface area contributed by atoms with E-state index in [9.17, 15) is 4.79 Å². The summed E-state index contributed by atoms with van der Waals surface area (Å²) in [5, 5.41) is 12.1. The van der Waals surface area contributed by atoms with E-state index < -0.39 is 0 Å². The van der Waals surface area contributed by atoms with Gasteiger partial charge in [0.05, 0.1) is 12.6 Å². The highest BCUT2D eigenvalue weighted by atomic mass is 16.3. The molecule has 1 saturated carbocycles. The van der Waals surface area contributed by atoms with Gasteiger partial charge in [-0.3, -0.25) is 9.69 Å². The maximum atomic E-state index is 12.5. The molecule has 0 spiro atoms. The number of hydrogen-bond acceptors (Lipinski definition) is 3. The second-order valence-corrected chi connectivity index (χ2v) is 7.12. The number of aliphatic hydroxyl groups is 1. The molecule has 0 aromatic rings. The van der Waals surface area contributed by atoms with Gasteiger partial charge >= 0.3 is 0 Å². The minimum atomic E-state index is 0.200. The number of nitrogens with zero attached hydrogens (tertiary/aromatic N) is 1. The Labute approximate surface area is 122 Å². The number of aliphatic hydroxyl groups excluding tert-OH is 1. The highest BCUT2D eigenvalue weighted by Crippen LogP contribution is 2.38. The Bertz CT molecular complexity index is 326. The van der Waals surface area contributed by atoms with Gasteiger partial charge in [-0.2, -0.15) is 0 Å². The zero-order valence-electron chi connectivity index (χ0n) is 13.1. The van der Waals surface area contributed by atoms with Gasteiger partial charge in [0, 0.05) is 25.6 Å². The molecule has 116 valence electrons. The number of carbonyl (C=O) groups is 1. The van der Waals surface area contributed by atoms with Crippen molar-refractivity contribution in [2.45, 2.75) is 46.1 Å². The predicted octanol–water partition coefficient (Wildman–Crippen LogP) is 1.49. The van der Waals surface area contributed by atoms with E-state index >= 15 is 0 Å². The molecule has 0 aromatic heterocycles. The highest BCUT2D eigenvalue weighted by Gasteiger charge is 2.37. The molecular formula is C16H30N2O2. The van der Waals surface area contributed by atoms with E-state index in [1.807, 2.05) is 0 Å². The van der Waals surface area contributed by atoms with Crippen LogP contribution in [-0.4, -0.2) is 48.2 Å². The lowest BCUT2D eigenvalue weighted by Gasteiger charge is -2.42. The van der Waals surface area contributed by atoms with Crippen molar-refractivity contribution in [1.82, 2.24) is 10.2 Å². The van der Waals surface area contributed by atoms with Crippen molar-refractivity contribution < 1.29 is 9.90 Å². The minimum Gasteiger partial charge on any atom is -0.395 e. The van der Waals surface area contributed by atoms with Gasteiger partial charge in [-0.25, -0.2) is 0 Å². The first-order valence-corrected chi connectivity index (χ1v) is 8.14. The van der Waals surface area contributed by atoms with Gasteiger partial charge in [-0.15, -0.1) is 0 Å². The summed E-state index contributed by atoms with van der Waals surface area (Å²) in [6.07, 6.45) is 3.50. The standard InChI is InChI=1S/C16H30N2O2/c1-11(2)14-5-4-12(3)8-15(14)16(20)17-13-9-18(10-13)6-7-19/h11-15,19H,4-10H2,1-3H3,(H,17,20)/t12-,14+,15-/m1/s1. The normalized spacial score (nSPS) is 32.1. The van der Waals surface area contributed by atoms with Crippen LogP contribution in [0.1, 0.15) is 40.0 Å². The molecule has 2 aliphatic rings. The topological polar surface area (TPSA) is 52.6 Å². The molecule has 1 aliphatic carbocycles. The third-order valence-electron chi connectivity index (χ3n) is 5.08. The molecule has 0 unspecified atom stereocenters. The van der Waals surface area contributed by atoms with Gasteiger partial charge in [0.25, 0.3) is 0 Å². The Morgan fingerprint density at radius 3 is 2.65 bits per heavy atom. The van der Waals surface area contributed by atoms with E-state index in [4.69, 9.17) is 5.11 Å². The highest BCUT2D eigenvalue weighted by molar-refractivity contribution is 5.79. The van der Waals surface area contributed by atoms with Crippen molar-refractivity contribution in [3.63, 3.8) is 0 Å². The average Bonchev–Trinajstić information content (AvgIpc) is 2.35. The summed E-state index contributed by atoms with van der Waals surface area (Å²) in [7, 11) is 0. The fraction of sp³-hybridized carbons (Fsp3) is 0.938. The molecule has 0 aromatic carbocycles. The Kier molecular flexibility index (Phi) is 5.44. The quantitative estimate of drug-likeness (QED) is 0.803. The smallest absolute Gasteiger partial charge is 0.223 e. The van der Waals surface area contributed by atoms with E-state index in [1.165, 1.54) is 12.8 Å². The largest absolute Gasteiger partial charge is 0.395 e. The Morgan fingerprint density at radius 1 is 1.35 bits per heavy atom. The van der Waals surface area contributed by atoms with Gasteiger partial charge in [0.2, 0.25) is 5.91 Å². The maximum Gasteiger partial charge on any atom is 0.223 e. The van der Waals surface area contributed by atoms with Crippen molar-refractivity contribution in [2.75, 3.05) is 26.2 Å². The summed E-state index contributed by atoms with van der Waals surface area (Å²) in [6.45, 7) is 9.46. The lowest BCUT2D eigenvalue weighted by Crippen LogP contribution is -2.61. The van der Waals surface area contributed by atoms with Crippen molar-refractivity contribution in [2.24, 2.45) is 23.7 Å². The fourth-order valence-electron chi connectivity index (χ4n) is 3.80. The Hall–Kier alpha value is -0.610. The molecule has 0 radical (unpaired) electrons. The summed E-state index contributed by atoms with van der Waals surface area (Å²) < 4.78 is 0. The second kappa shape index (κ2) is 6.90. The van der Waals surface area contributed by atoms with E-state index in [0.717, 1.165) is 26.1 Å². The average molecular weight is 282 g/mol. The first-order valence-electron chi connectivity index (χ1n) is 8.14. The van der Waals surface area contributed by atoms with E-state index in [1.54, 1.807) is 0 Å². The Balaban J connectivity index is 1.83. The van der Waals surface area contributed by atoms with Crippen molar-refractivity contribution in [1.29, 1.82) is 0 Å². The minimum absolute atomic E-state index is 0.200. The zero-order valence-corrected chi connectivity index (χ0v) is 13.1. The number of hydrogen-bond donors (Lipinski definition) is 2. The summed E-state index contributed by atoms with van der Waals surface area (Å²) in [4.78, 5) is 14.7. The van der Waals surface area contributed by atoms with Gasteiger partial charge < -0.3 is 10.4 Å². The molecule has 20 heavy (non-hydrogen) atoms. The van der Waals surface area contributed by atoms with E-state index in [0.29, 0.717) is 23.8 Å². The molecule has 1 saturated heterocycles. The summed E-state index contributed by atoms with van der Waals surface area (Å²) >= 11 is 0. The summed E-state index contributed by atoms with van der Waals surface area (Å²) in [5.74, 6) is 2.27. The molecule has 2 fully saturated rings. The number of likely N-dealkylation sites (tertiary alicyclic amines) is 1. The molecule has 4 nitrogen and oxygen atoms in total. The molecule has 1 aliphatic heterocycles. The number of amides is 1. The first kappa shape index (κ1) is 15.8. The lowest BCUT2D eigenvalue weighted by molar-refractivity contribution is -0.131. The van der Waals surface area contributed by atoms with Crippen LogP contribution in [0.15, 0.2) is 0 Å². The summed E-state index contributed by atoms with van der Waals surface area (Å²) in [6, 6.07) is 0.291. The summed E-state index contributed by atoms with van der Waals surface area (Å²) in [5.41, 5.74) is 0. The van der Waals surface area contributed by atoms with Crippen LogP contribution in [-0.2, 0) is 4.79 Å². The third-order valence-corrected chi connectivity index (χ3v) is 5.08. The number of carbonyl (C=O) groups excluding carboxylic acids is 1. The SMILES string of the molecule is CC(C)[C@@H]1CC[C@@H](C)C[C@H]1C(=O)NC1CN(CCO)C1. The number of nitrogens with one attached hydrogen (secondary N) is 1. The van der Waals surface area contributed by atoms with Gasteiger partial charge in [0.1, 0.15) is 0 Å². The molecule has 3 atom stereocenters. The molecular weight excluding hydrogens is 252 g/mol. The lowest BCUT2D eigenvalue weighted by atomic mass is 9.69. The van der Waals surface area contributed by atoms with Crippen LogP contribution in [0, 0.1) is 23.7 Å². The second-order valence-electron chi connectivity index (χ2n) is 7.12. The Morgan fingerprint density at radius 2 is 2.05 bits per heavy atom. The number of β-amino-alcohol motifs (C(OH)–C–C–N with tert-alkyl or cyclic N) is 1. The van der Waals surface area contributed by atoms with Crippen molar-refractivity contribution in [3.8, 4) is 0 Å². The van der Waals surface area contributed by atoms with Crippen LogP contribution < -0.4 is 5.32 Å². The molecule has 0 bridgehead atoms. The van der Waals surface area contributed by atoms with Crippen LogP contribution in [0.25, 0.3) is 0 Å². The van der Waals surface area contributed by atoms with Gasteiger partial charge in [-0.1, -0.05) is 27.2 Å². The molecule has 2 rings (SSSR count). The van der Waals surface area contributed by atoms with Gasteiger partial charge in [0.15, 0.2) is 0 Å². The molecule has 4 heteroatoms. The van der Waals surface area contributed by atoms with Crippen molar-refractivity contribution >= 4 is 5.91 Å². The maximum absolute atomic E-state index is 12.5. The van der Waals surface area contributed by atoms with E-state index in [-0.39, 0.29) is 18.4 Å². The third kappa shape index (κ3) is 3.73. The first-order chi connectivity index (χ1) is 9.51. The molecule has 1 heterocycles. The number of rotatable bonds is 5. The predicted molar refractivity (Wildman–Crippen MR) is 80.3 cm³/mol. The molecule has 1 amide bonds. The molecule has 2 N–H and O–H groups in total. The van der Waals surface area contributed by atoms with Gasteiger partial charge in [-0.05, 0) is 30.6 Å². The van der Waals surface area contributed by atoms with Crippen LogP contribution in [0.4, 0.5) is 0 Å². The van der Waals surface area contributed by atoms with E-state index in [2.05, 4.69) is 31.0 Å².